The summed E-state index contributed by atoms with van der Waals surface area (Å²) in [5, 5.41) is 0. The van der Waals surface area contributed by atoms with Crippen LogP contribution in [0.2, 0.25) is 0 Å². The first kappa shape index (κ1) is 8.68. The first-order valence-electron chi connectivity index (χ1n) is 4.78. The molecule has 3 aromatic heterocycles. The fourth-order valence-electron chi connectivity index (χ4n) is 1.59. The van der Waals surface area contributed by atoms with Crippen molar-refractivity contribution in [2.45, 2.75) is 6.42 Å². The summed E-state index contributed by atoms with van der Waals surface area (Å²) < 4.78 is 6.55. The van der Waals surface area contributed by atoms with Gasteiger partial charge in [-0.2, -0.15) is 0 Å². The van der Waals surface area contributed by atoms with Crippen LogP contribution >= 0.6 is 11.3 Å². The molecule has 0 radical (unpaired) electrons. The predicted octanol–water partition coefficient (Wildman–Crippen LogP) is 3.48. The third-order valence-electron chi connectivity index (χ3n) is 2.27. The van der Waals surface area contributed by atoms with Crippen molar-refractivity contribution in [1.82, 2.24) is 4.98 Å². The summed E-state index contributed by atoms with van der Waals surface area (Å²) in [4.78, 5) is 5.60. The van der Waals surface area contributed by atoms with Crippen LogP contribution in [0.15, 0.2) is 47.2 Å². The average Bonchev–Trinajstić information content (AvgIpc) is 2.86. The Kier molecular flexibility index (Phi) is 2.03. The Morgan fingerprint density at radius 1 is 1.27 bits per heavy atom. The molecule has 3 rings (SSSR count). The van der Waals surface area contributed by atoms with Gasteiger partial charge in [-0.15, -0.1) is 11.3 Å². The number of fused-ring (bicyclic) bond motifs is 1. The summed E-state index contributed by atoms with van der Waals surface area (Å²) in [5.74, 6) is 1.00. The van der Waals surface area contributed by atoms with E-state index in [0.29, 0.717) is 0 Å². The molecule has 3 aromatic rings. The first-order chi connectivity index (χ1) is 7.42. The van der Waals surface area contributed by atoms with Gasteiger partial charge in [0.15, 0.2) is 0 Å². The van der Waals surface area contributed by atoms with E-state index in [1.165, 1.54) is 9.58 Å². The number of thiophene rings is 1. The highest BCUT2D eigenvalue weighted by atomic mass is 32.1. The second-order valence-corrected chi connectivity index (χ2v) is 4.52. The number of nitrogens with zero attached hydrogens (tertiary/aromatic N) is 1. The molecule has 3 heteroatoms. The number of aromatic nitrogens is 1. The Morgan fingerprint density at radius 3 is 3.07 bits per heavy atom. The summed E-state index contributed by atoms with van der Waals surface area (Å²) in [7, 11) is 0. The van der Waals surface area contributed by atoms with Crippen molar-refractivity contribution in [3.63, 3.8) is 0 Å². The van der Waals surface area contributed by atoms with Crippen LogP contribution in [0.25, 0.3) is 10.2 Å². The minimum Gasteiger partial charge on any atom is -0.469 e. The Bertz CT molecular complexity index is 535. The molecule has 0 spiro atoms. The number of furan rings is 1. The molecule has 0 N–H and O–H groups in total. The largest absolute Gasteiger partial charge is 0.469 e. The van der Waals surface area contributed by atoms with E-state index in [-0.39, 0.29) is 0 Å². The van der Waals surface area contributed by atoms with Crippen molar-refractivity contribution in [1.29, 1.82) is 0 Å². The van der Waals surface area contributed by atoms with Gasteiger partial charge in [0, 0.05) is 17.5 Å². The molecule has 0 aliphatic rings. The van der Waals surface area contributed by atoms with Crippen LogP contribution in [0, 0.1) is 0 Å². The Balaban J connectivity index is 1.98. The Morgan fingerprint density at radius 2 is 2.27 bits per heavy atom. The second kappa shape index (κ2) is 3.51. The van der Waals surface area contributed by atoms with Gasteiger partial charge < -0.3 is 4.42 Å². The van der Waals surface area contributed by atoms with Crippen molar-refractivity contribution >= 4 is 21.6 Å². The highest BCUT2D eigenvalue weighted by Crippen LogP contribution is 2.25. The highest BCUT2D eigenvalue weighted by molar-refractivity contribution is 7.19. The van der Waals surface area contributed by atoms with Crippen LogP contribution in [-0.2, 0) is 6.42 Å². The minimum atomic E-state index is 0.855. The lowest BCUT2D eigenvalue weighted by Gasteiger charge is -1.89. The van der Waals surface area contributed by atoms with Crippen molar-refractivity contribution in [3.8, 4) is 0 Å². The molecule has 74 valence electrons. The molecule has 3 heterocycles. The summed E-state index contributed by atoms with van der Waals surface area (Å²) >= 11 is 1.77. The van der Waals surface area contributed by atoms with E-state index in [1.54, 1.807) is 17.6 Å². The predicted molar refractivity (Wildman–Crippen MR) is 61.1 cm³/mol. The zero-order valence-corrected chi connectivity index (χ0v) is 8.83. The molecule has 0 unspecified atom stereocenters. The van der Waals surface area contributed by atoms with Gasteiger partial charge in [0.1, 0.15) is 5.76 Å². The maximum atomic E-state index is 5.32. The van der Waals surface area contributed by atoms with Gasteiger partial charge >= 0.3 is 0 Å². The first-order valence-corrected chi connectivity index (χ1v) is 5.59. The van der Waals surface area contributed by atoms with E-state index in [9.17, 15) is 0 Å². The van der Waals surface area contributed by atoms with Gasteiger partial charge in [0.25, 0.3) is 0 Å². The zero-order valence-electron chi connectivity index (χ0n) is 8.01. The van der Waals surface area contributed by atoms with Crippen LogP contribution in [0.3, 0.4) is 0 Å². The molecule has 0 atom stereocenters. The van der Waals surface area contributed by atoms with Crippen LogP contribution in [0.4, 0.5) is 0 Å². The van der Waals surface area contributed by atoms with Gasteiger partial charge in [-0.1, -0.05) is 0 Å². The number of rotatable bonds is 2. The van der Waals surface area contributed by atoms with Crippen molar-refractivity contribution in [2.24, 2.45) is 0 Å². The van der Waals surface area contributed by atoms with E-state index < -0.39 is 0 Å². The molecule has 2 nitrogen and oxygen atoms in total. The van der Waals surface area contributed by atoms with Crippen LogP contribution in [0.5, 0.6) is 0 Å². The molecule has 0 fully saturated rings. The van der Waals surface area contributed by atoms with Gasteiger partial charge in [0.05, 0.1) is 16.5 Å². The van der Waals surface area contributed by atoms with Gasteiger partial charge in [-0.3, -0.25) is 4.98 Å². The molecule has 15 heavy (non-hydrogen) atoms. The fourth-order valence-corrected chi connectivity index (χ4v) is 2.62. The van der Waals surface area contributed by atoms with E-state index >= 15 is 0 Å². The normalized spacial score (nSPS) is 10.9. The molecular weight excluding hydrogens is 206 g/mol. The van der Waals surface area contributed by atoms with Crippen molar-refractivity contribution in [2.75, 3.05) is 0 Å². The van der Waals surface area contributed by atoms with E-state index in [1.807, 2.05) is 24.4 Å². The van der Waals surface area contributed by atoms with E-state index in [4.69, 9.17) is 4.42 Å². The highest BCUT2D eigenvalue weighted by Gasteiger charge is 2.04. The molecular formula is C12H9NOS. The summed E-state index contributed by atoms with van der Waals surface area (Å²) in [5.41, 5.74) is 1.07. The maximum Gasteiger partial charge on any atom is 0.108 e. The minimum absolute atomic E-state index is 0.855. The molecule has 0 aliphatic heterocycles. The van der Waals surface area contributed by atoms with E-state index in [2.05, 4.69) is 17.1 Å². The monoisotopic (exact) mass is 215 g/mol. The number of pyridine rings is 1. The quantitative estimate of drug-likeness (QED) is 0.654. The molecule has 0 saturated heterocycles. The van der Waals surface area contributed by atoms with Gasteiger partial charge in [-0.05, 0) is 30.3 Å². The standard InChI is InChI=1S/C12H9NOS/c1-4-12-11(13-5-1)8-10(15-12)7-9-3-2-6-14-9/h1-6,8H,7H2. The van der Waals surface area contributed by atoms with Crippen molar-refractivity contribution in [3.05, 3.63) is 53.4 Å². The smallest absolute Gasteiger partial charge is 0.108 e. The lowest BCUT2D eigenvalue weighted by atomic mass is 10.3. The van der Waals surface area contributed by atoms with Crippen molar-refractivity contribution < 1.29 is 4.42 Å². The molecule has 0 saturated carbocycles. The Labute approximate surface area is 91.2 Å². The molecule has 0 aliphatic carbocycles. The molecule has 0 bridgehead atoms. The lowest BCUT2D eigenvalue weighted by Crippen LogP contribution is -1.78. The van der Waals surface area contributed by atoms with Crippen LogP contribution in [-0.4, -0.2) is 4.98 Å². The van der Waals surface area contributed by atoms with Gasteiger partial charge in [0.2, 0.25) is 0 Å². The topological polar surface area (TPSA) is 26.0 Å². The van der Waals surface area contributed by atoms with Gasteiger partial charge in [-0.25, -0.2) is 0 Å². The fraction of sp³-hybridized carbons (Fsp3) is 0.0833. The molecule has 0 amide bonds. The van der Waals surface area contributed by atoms with E-state index in [0.717, 1.165) is 17.7 Å². The van der Waals surface area contributed by atoms with Crippen LogP contribution in [0.1, 0.15) is 10.6 Å². The Hall–Kier alpha value is -1.61. The molecule has 0 aromatic carbocycles. The SMILES string of the molecule is c1coc(Cc2cc3ncccc3s2)c1. The lowest BCUT2D eigenvalue weighted by molar-refractivity contribution is 0.522. The summed E-state index contributed by atoms with van der Waals surface area (Å²) in [6.07, 6.45) is 4.39. The number of hydrogen-bond donors (Lipinski definition) is 0. The number of hydrogen-bond acceptors (Lipinski definition) is 3. The maximum absolute atomic E-state index is 5.32. The third kappa shape index (κ3) is 1.66. The summed E-state index contributed by atoms with van der Waals surface area (Å²) in [6.45, 7) is 0. The zero-order chi connectivity index (χ0) is 10.1. The second-order valence-electron chi connectivity index (χ2n) is 3.36. The summed E-state index contributed by atoms with van der Waals surface area (Å²) in [6, 6.07) is 10.1. The average molecular weight is 215 g/mol. The van der Waals surface area contributed by atoms with Crippen LogP contribution < -0.4 is 0 Å². The third-order valence-corrected chi connectivity index (χ3v) is 3.36.